The Morgan fingerprint density at radius 1 is 1.23 bits per heavy atom. The molecular formula is C22H25FN2O5S. The Kier molecular flexibility index (Phi) is 9.36. The fourth-order valence-electron chi connectivity index (χ4n) is 2.89. The third kappa shape index (κ3) is 7.62. The van der Waals surface area contributed by atoms with Crippen LogP contribution in [0.5, 0.6) is 5.75 Å². The van der Waals surface area contributed by atoms with Gasteiger partial charge in [-0.25, -0.2) is 14.7 Å². The second kappa shape index (κ2) is 12.0. The highest BCUT2D eigenvalue weighted by Crippen LogP contribution is 2.32. The van der Waals surface area contributed by atoms with Crippen molar-refractivity contribution in [2.24, 2.45) is 5.92 Å². The quantitative estimate of drug-likeness (QED) is 0.186. The van der Waals surface area contributed by atoms with Crippen molar-refractivity contribution in [3.63, 3.8) is 0 Å². The summed E-state index contributed by atoms with van der Waals surface area (Å²) in [7, 11) is 0. The van der Waals surface area contributed by atoms with E-state index in [4.69, 9.17) is 9.94 Å². The molecule has 2 aromatic rings. The predicted molar refractivity (Wildman–Crippen MR) is 117 cm³/mol. The lowest BCUT2D eigenvalue weighted by Gasteiger charge is -2.25. The van der Waals surface area contributed by atoms with E-state index in [1.165, 1.54) is 23.7 Å². The molecule has 31 heavy (non-hydrogen) atoms. The summed E-state index contributed by atoms with van der Waals surface area (Å²) >= 11 is 1.58. The summed E-state index contributed by atoms with van der Waals surface area (Å²) in [5, 5.41) is 20.6. The van der Waals surface area contributed by atoms with Crippen LogP contribution in [0.1, 0.15) is 31.4 Å². The molecule has 2 aromatic carbocycles. The minimum atomic E-state index is -0.814. The first kappa shape index (κ1) is 24.2. The number of hydroxylamine groups is 1. The van der Waals surface area contributed by atoms with Gasteiger partial charge in [-0.2, -0.15) is 0 Å². The molecule has 7 nitrogen and oxygen atoms in total. The third-order valence-corrected chi connectivity index (χ3v) is 5.30. The van der Waals surface area contributed by atoms with Crippen LogP contribution in [0.2, 0.25) is 0 Å². The van der Waals surface area contributed by atoms with E-state index in [2.05, 4.69) is 5.32 Å². The number of ether oxygens (including phenoxy) is 1. The number of hydrogen-bond donors (Lipinski definition) is 4. The van der Waals surface area contributed by atoms with Crippen molar-refractivity contribution in [3.8, 4) is 5.75 Å². The first-order chi connectivity index (χ1) is 14.8. The highest BCUT2D eigenvalue weighted by molar-refractivity contribution is 7.98. The number of carbonyl (C=O) groups excluding carboxylic acids is 2. The summed E-state index contributed by atoms with van der Waals surface area (Å²) < 4.78 is 19.5. The number of nitrogens with one attached hydrogen (secondary N) is 2. The molecule has 0 aliphatic carbocycles. The van der Waals surface area contributed by atoms with Crippen LogP contribution < -0.4 is 10.8 Å². The van der Waals surface area contributed by atoms with E-state index in [0.717, 1.165) is 11.0 Å². The second-order valence-corrected chi connectivity index (χ2v) is 7.70. The van der Waals surface area contributed by atoms with E-state index >= 15 is 0 Å². The van der Waals surface area contributed by atoms with Gasteiger partial charge in [-0.15, -0.1) is 11.8 Å². The normalized spacial score (nSPS) is 12.9. The summed E-state index contributed by atoms with van der Waals surface area (Å²) in [6.45, 7) is 1.83. The highest BCUT2D eigenvalue weighted by atomic mass is 32.2. The Labute approximate surface area is 184 Å². The molecule has 2 amide bonds. The first-order valence-electron chi connectivity index (χ1n) is 9.54. The average Bonchev–Trinajstić information content (AvgIpc) is 2.77. The molecule has 0 heterocycles. The van der Waals surface area contributed by atoms with E-state index in [-0.39, 0.29) is 5.92 Å². The van der Waals surface area contributed by atoms with E-state index < -0.39 is 29.7 Å². The summed E-state index contributed by atoms with van der Waals surface area (Å²) in [5.41, 5.74) is 2.45. The van der Waals surface area contributed by atoms with Gasteiger partial charge in [0.25, 0.3) is 5.91 Å². The number of thioether (sulfide) groups is 1. The molecule has 0 spiro atoms. The number of phenolic OH excluding ortho intramolecular Hbond substituents is 1. The molecule has 2 atom stereocenters. The number of carbonyl (C=O) groups is 2. The number of halogens is 1. The van der Waals surface area contributed by atoms with Gasteiger partial charge in [-0.3, -0.25) is 15.3 Å². The van der Waals surface area contributed by atoms with Crippen molar-refractivity contribution in [2.75, 3.05) is 11.6 Å². The molecule has 2 rings (SSSR count). The van der Waals surface area contributed by atoms with Crippen molar-refractivity contribution >= 4 is 29.4 Å². The molecule has 0 bridgehead atoms. The van der Waals surface area contributed by atoms with Crippen molar-refractivity contribution in [3.05, 3.63) is 66.0 Å². The summed E-state index contributed by atoms with van der Waals surface area (Å²) in [6.07, 6.45) is 4.20. The van der Waals surface area contributed by atoms with E-state index in [9.17, 15) is 19.1 Å². The first-order valence-corrected chi connectivity index (χ1v) is 10.8. The number of phenols is 1. The van der Waals surface area contributed by atoms with Crippen LogP contribution in [0.25, 0.3) is 0 Å². The molecule has 0 fully saturated rings. The molecule has 9 heteroatoms. The molecule has 0 saturated carbocycles. The standard InChI is InChI=1S/C22H25FN2O5S/c1-14(5-3-4-6-20(27)25-29)21(15-7-12-19(26)18(23)13-15)30-22(28)24-16-8-10-17(31-2)11-9-16/h4,6-14,21,26,29H,3,5H2,1-2H3,(H,24,28)(H,25,27)/b6-4+/t14-,21+/m0/s1. The number of benzene rings is 2. The van der Waals surface area contributed by atoms with Crippen molar-refractivity contribution in [1.29, 1.82) is 0 Å². The van der Waals surface area contributed by atoms with Crippen LogP contribution in [0.3, 0.4) is 0 Å². The predicted octanol–water partition coefficient (Wildman–Crippen LogP) is 5.02. The van der Waals surface area contributed by atoms with Crippen LogP contribution in [-0.4, -0.2) is 28.6 Å². The topological polar surface area (TPSA) is 108 Å². The maximum absolute atomic E-state index is 13.9. The summed E-state index contributed by atoms with van der Waals surface area (Å²) in [4.78, 5) is 24.6. The van der Waals surface area contributed by atoms with Crippen molar-refractivity contribution in [2.45, 2.75) is 30.8 Å². The number of anilines is 1. The zero-order chi connectivity index (χ0) is 22.8. The maximum Gasteiger partial charge on any atom is 0.412 e. The van der Waals surface area contributed by atoms with Crippen LogP contribution in [0.15, 0.2) is 59.5 Å². The van der Waals surface area contributed by atoms with Crippen molar-refractivity contribution in [1.82, 2.24) is 5.48 Å². The minimum absolute atomic E-state index is 0.240. The molecule has 166 valence electrons. The fraction of sp³-hybridized carbons (Fsp3) is 0.273. The molecule has 0 aliphatic heterocycles. The number of aromatic hydroxyl groups is 1. The smallest absolute Gasteiger partial charge is 0.412 e. The third-order valence-electron chi connectivity index (χ3n) is 4.56. The fourth-order valence-corrected chi connectivity index (χ4v) is 3.30. The van der Waals surface area contributed by atoms with Gasteiger partial charge in [0.2, 0.25) is 0 Å². The monoisotopic (exact) mass is 448 g/mol. The van der Waals surface area contributed by atoms with Gasteiger partial charge in [-0.1, -0.05) is 19.1 Å². The molecule has 0 unspecified atom stereocenters. The minimum Gasteiger partial charge on any atom is -0.505 e. The number of allylic oxidation sites excluding steroid dienone is 1. The Bertz CT molecular complexity index is 921. The maximum atomic E-state index is 13.9. The molecule has 4 N–H and O–H groups in total. The molecular weight excluding hydrogens is 423 g/mol. The zero-order valence-corrected chi connectivity index (χ0v) is 18.0. The molecule has 0 radical (unpaired) electrons. The Morgan fingerprint density at radius 2 is 1.94 bits per heavy atom. The largest absolute Gasteiger partial charge is 0.505 e. The SMILES string of the molecule is CSc1ccc(NC(=O)O[C@@H](c2ccc(O)c(F)c2)[C@@H](C)CC/C=C/C(=O)NO)cc1. The van der Waals surface area contributed by atoms with Crippen LogP contribution in [0.4, 0.5) is 14.9 Å². The van der Waals surface area contributed by atoms with Gasteiger partial charge >= 0.3 is 6.09 Å². The Hall–Kier alpha value is -3.04. The number of hydrogen-bond acceptors (Lipinski definition) is 6. The average molecular weight is 449 g/mol. The Balaban J connectivity index is 2.12. The lowest BCUT2D eigenvalue weighted by Crippen LogP contribution is -2.22. The van der Waals surface area contributed by atoms with Gasteiger partial charge in [0, 0.05) is 16.7 Å². The van der Waals surface area contributed by atoms with E-state index in [1.807, 2.05) is 25.3 Å². The van der Waals surface area contributed by atoms with Crippen LogP contribution in [0, 0.1) is 11.7 Å². The Morgan fingerprint density at radius 3 is 2.55 bits per heavy atom. The van der Waals surface area contributed by atoms with E-state index in [1.54, 1.807) is 30.0 Å². The summed E-state index contributed by atoms with van der Waals surface area (Å²) in [5.74, 6) is -2.19. The van der Waals surface area contributed by atoms with Gasteiger partial charge in [0.1, 0.15) is 6.10 Å². The highest BCUT2D eigenvalue weighted by Gasteiger charge is 2.24. The zero-order valence-electron chi connectivity index (χ0n) is 17.2. The number of rotatable bonds is 9. The summed E-state index contributed by atoms with van der Waals surface area (Å²) in [6, 6.07) is 11.1. The van der Waals surface area contributed by atoms with Gasteiger partial charge in [-0.05, 0) is 67.0 Å². The number of amides is 2. The molecule has 0 saturated heterocycles. The lowest BCUT2D eigenvalue weighted by atomic mass is 9.93. The van der Waals surface area contributed by atoms with Gasteiger partial charge in [0.05, 0.1) is 0 Å². The van der Waals surface area contributed by atoms with Crippen LogP contribution >= 0.6 is 11.8 Å². The molecule has 0 aliphatic rings. The van der Waals surface area contributed by atoms with E-state index in [0.29, 0.717) is 24.1 Å². The van der Waals surface area contributed by atoms with Gasteiger partial charge in [0.15, 0.2) is 11.6 Å². The van der Waals surface area contributed by atoms with Crippen LogP contribution in [-0.2, 0) is 9.53 Å². The molecule has 0 aromatic heterocycles. The second-order valence-electron chi connectivity index (χ2n) is 6.82. The van der Waals surface area contributed by atoms with Crippen molar-refractivity contribution < 1.29 is 29.0 Å². The van der Waals surface area contributed by atoms with Gasteiger partial charge < -0.3 is 9.84 Å². The lowest BCUT2D eigenvalue weighted by molar-refractivity contribution is -0.124.